The molecule has 3 N–H and O–H groups in total. The maximum absolute atomic E-state index is 5.11. The van der Waals surface area contributed by atoms with Crippen LogP contribution in [0.2, 0.25) is 0 Å². The largest absolute Gasteiger partial charge is 0.375 e. The summed E-state index contributed by atoms with van der Waals surface area (Å²) in [7, 11) is 0. The Kier molecular flexibility index (Phi) is 2.87. The summed E-state index contributed by atoms with van der Waals surface area (Å²) in [6, 6.07) is 0. The van der Waals surface area contributed by atoms with Gasteiger partial charge in [-0.1, -0.05) is 11.3 Å². The maximum Gasteiger partial charge on any atom is 0.184 e. The Balaban J connectivity index is 2.43. The van der Waals surface area contributed by atoms with Crippen LogP contribution < -0.4 is 11.2 Å². The Morgan fingerprint density at radius 2 is 2.73 bits per heavy atom. The van der Waals surface area contributed by atoms with Crippen LogP contribution in [-0.2, 0) is 0 Å². The standard InChI is InChI=1S/C4H5N5S2/c5-4(10)9-6-1-3-8-7-2-11-3/h1-2H,(H3,5,9,10). The lowest BCUT2D eigenvalue weighted by molar-refractivity contribution is 1.03. The number of hydrogen-bond acceptors (Lipinski definition) is 5. The molecule has 1 rings (SSSR count). The van der Waals surface area contributed by atoms with Gasteiger partial charge in [0.05, 0.1) is 6.21 Å². The molecule has 0 spiro atoms. The molecule has 0 bridgehead atoms. The van der Waals surface area contributed by atoms with E-state index in [1.54, 1.807) is 5.51 Å². The van der Waals surface area contributed by atoms with E-state index in [0.717, 1.165) is 0 Å². The molecular weight excluding hydrogens is 182 g/mol. The van der Waals surface area contributed by atoms with Crippen molar-refractivity contribution in [2.45, 2.75) is 0 Å². The van der Waals surface area contributed by atoms with Crippen molar-refractivity contribution in [3.8, 4) is 0 Å². The Labute approximate surface area is 72.3 Å². The van der Waals surface area contributed by atoms with Gasteiger partial charge in [-0.15, -0.1) is 10.2 Å². The molecule has 1 aromatic heterocycles. The minimum atomic E-state index is 0.130. The lowest BCUT2D eigenvalue weighted by Crippen LogP contribution is -2.23. The lowest BCUT2D eigenvalue weighted by Gasteiger charge is -1.90. The number of aromatic nitrogens is 2. The Morgan fingerprint density at radius 3 is 3.27 bits per heavy atom. The van der Waals surface area contributed by atoms with Crippen molar-refractivity contribution in [3.63, 3.8) is 0 Å². The van der Waals surface area contributed by atoms with E-state index in [1.165, 1.54) is 17.6 Å². The average Bonchev–Trinajstić information content (AvgIpc) is 2.39. The highest BCUT2D eigenvalue weighted by atomic mass is 32.1. The zero-order valence-electron chi connectivity index (χ0n) is 5.39. The highest BCUT2D eigenvalue weighted by molar-refractivity contribution is 7.80. The first kappa shape index (κ1) is 8.02. The monoisotopic (exact) mass is 187 g/mol. The lowest BCUT2D eigenvalue weighted by atomic mass is 10.8. The molecule has 0 fully saturated rings. The summed E-state index contributed by atoms with van der Waals surface area (Å²) in [5, 5.41) is 11.8. The Bertz CT molecular complexity index is 253. The molecule has 58 valence electrons. The molecule has 0 aliphatic carbocycles. The summed E-state index contributed by atoms with van der Waals surface area (Å²) < 4.78 is 0. The smallest absolute Gasteiger partial charge is 0.184 e. The van der Waals surface area contributed by atoms with Gasteiger partial charge in [0.2, 0.25) is 0 Å². The molecule has 1 aromatic rings. The van der Waals surface area contributed by atoms with Crippen LogP contribution in [-0.4, -0.2) is 21.5 Å². The summed E-state index contributed by atoms with van der Waals surface area (Å²) in [5.74, 6) is 0. The third-order valence-corrected chi connectivity index (χ3v) is 1.45. The second-order valence-corrected chi connectivity index (χ2v) is 2.82. The second-order valence-electron chi connectivity index (χ2n) is 1.51. The molecule has 0 aromatic carbocycles. The van der Waals surface area contributed by atoms with E-state index >= 15 is 0 Å². The number of thiocarbonyl (C=S) groups is 1. The minimum absolute atomic E-state index is 0.130. The van der Waals surface area contributed by atoms with Gasteiger partial charge >= 0.3 is 0 Å². The molecule has 1 heterocycles. The van der Waals surface area contributed by atoms with Crippen LogP contribution in [0.1, 0.15) is 5.01 Å². The summed E-state index contributed by atoms with van der Waals surface area (Å²) in [6.45, 7) is 0. The highest BCUT2D eigenvalue weighted by Gasteiger charge is 1.88. The predicted molar refractivity (Wildman–Crippen MR) is 47.4 cm³/mol. The van der Waals surface area contributed by atoms with Gasteiger partial charge in [-0.05, 0) is 12.2 Å². The predicted octanol–water partition coefficient (Wildman–Crippen LogP) is -0.295. The van der Waals surface area contributed by atoms with E-state index in [-0.39, 0.29) is 5.11 Å². The van der Waals surface area contributed by atoms with Crippen molar-refractivity contribution in [2.24, 2.45) is 10.8 Å². The molecule has 0 aliphatic heterocycles. The van der Waals surface area contributed by atoms with Crippen LogP contribution in [0.5, 0.6) is 0 Å². The molecule has 7 heteroatoms. The van der Waals surface area contributed by atoms with E-state index in [0.29, 0.717) is 5.01 Å². The van der Waals surface area contributed by atoms with Crippen LogP contribution in [0.15, 0.2) is 10.6 Å². The van der Waals surface area contributed by atoms with Gasteiger partial charge in [-0.2, -0.15) is 5.10 Å². The van der Waals surface area contributed by atoms with Crippen LogP contribution in [0, 0.1) is 0 Å². The van der Waals surface area contributed by atoms with Crippen molar-refractivity contribution in [1.29, 1.82) is 0 Å². The van der Waals surface area contributed by atoms with Gasteiger partial charge in [-0.25, -0.2) is 0 Å². The molecular formula is C4H5N5S2. The van der Waals surface area contributed by atoms with Gasteiger partial charge in [-0.3, -0.25) is 5.43 Å². The molecule has 0 radical (unpaired) electrons. The van der Waals surface area contributed by atoms with E-state index in [9.17, 15) is 0 Å². The number of nitrogens with zero attached hydrogens (tertiary/aromatic N) is 3. The number of hydrogen-bond donors (Lipinski definition) is 2. The van der Waals surface area contributed by atoms with Gasteiger partial charge in [0.25, 0.3) is 0 Å². The van der Waals surface area contributed by atoms with Crippen molar-refractivity contribution in [1.82, 2.24) is 15.6 Å². The Morgan fingerprint density at radius 1 is 1.91 bits per heavy atom. The van der Waals surface area contributed by atoms with Gasteiger partial charge in [0.1, 0.15) is 5.51 Å². The van der Waals surface area contributed by atoms with Crippen molar-refractivity contribution < 1.29 is 0 Å². The first-order valence-electron chi connectivity index (χ1n) is 2.63. The first-order chi connectivity index (χ1) is 5.29. The molecule has 0 amide bonds. The zero-order valence-corrected chi connectivity index (χ0v) is 7.02. The number of nitrogens with two attached hydrogens (primary N) is 1. The number of hydrazone groups is 1. The normalized spacial score (nSPS) is 10.2. The number of rotatable bonds is 2. The van der Waals surface area contributed by atoms with E-state index in [4.69, 9.17) is 5.73 Å². The van der Waals surface area contributed by atoms with Gasteiger partial charge < -0.3 is 5.73 Å². The van der Waals surface area contributed by atoms with Crippen molar-refractivity contribution in [2.75, 3.05) is 0 Å². The third kappa shape index (κ3) is 3.01. The van der Waals surface area contributed by atoms with E-state index < -0.39 is 0 Å². The second kappa shape index (κ2) is 3.94. The molecule has 0 aliphatic rings. The van der Waals surface area contributed by atoms with Crippen LogP contribution in [0.4, 0.5) is 0 Å². The number of nitrogens with one attached hydrogen (secondary N) is 1. The van der Waals surface area contributed by atoms with Gasteiger partial charge in [0.15, 0.2) is 10.1 Å². The quantitative estimate of drug-likeness (QED) is 0.378. The van der Waals surface area contributed by atoms with Gasteiger partial charge in [0, 0.05) is 0 Å². The summed E-state index contributed by atoms with van der Waals surface area (Å²) >= 11 is 5.89. The third-order valence-electron chi connectivity index (χ3n) is 0.727. The molecule has 0 unspecified atom stereocenters. The Hall–Kier alpha value is -1.08. The minimum Gasteiger partial charge on any atom is -0.375 e. The zero-order chi connectivity index (χ0) is 8.10. The summed E-state index contributed by atoms with van der Waals surface area (Å²) in [5.41, 5.74) is 9.12. The summed E-state index contributed by atoms with van der Waals surface area (Å²) in [4.78, 5) is 0. The first-order valence-corrected chi connectivity index (χ1v) is 3.92. The van der Waals surface area contributed by atoms with Crippen LogP contribution >= 0.6 is 23.6 Å². The fourth-order valence-corrected chi connectivity index (χ4v) is 0.852. The maximum atomic E-state index is 5.11. The molecule has 0 saturated heterocycles. The van der Waals surface area contributed by atoms with Crippen molar-refractivity contribution >= 4 is 34.9 Å². The molecule has 0 atom stereocenters. The summed E-state index contributed by atoms with van der Waals surface area (Å²) in [6.07, 6.45) is 1.50. The molecule has 5 nitrogen and oxygen atoms in total. The fraction of sp³-hybridized carbons (Fsp3) is 0. The van der Waals surface area contributed by atoms with Crippen LogP contribution in [0.25, 0.3) is 0 Å². The highest BCUT2D eigenvalue weighted by Crippen LogP contribution is 1.95. The SMILES string of the molecule is NC(=S)NN=Cc1nncs1. The molecule has 0 saturated carbocycles. The van der Waals surface area contributed by atoms with E-state index in [2.05, 4.69) is 32.9 Å². The van der Waals surface area contributed by atoms with E-state index in [1.807, 2.05) is 0 Å². The topological polar surface area (TPSA) is 76.2 Å². The molecule has 11 heavy (non-hydrogen) atoms. The average molecular weight is 187 g/mol. The van der Waals surface area contributed by atoms with Crippen LogP contribution in [0.3, 0.4) is 0 Å². The van der Waals surface area contributed by atoms with Crippen molar-refractivity contribution in [3.05, 3.63) is 10.5 Å². The fourth-order valence-electron chi connectivity index (χ4n) is 0.389.